The molecule has 0 spiro atoms. The average molecular weight is 324 g/mol. The second-order valence-electron chi connectivity index (χ2n) is 7.24. The zero-order valence-electron chi connectivity index (χ0n) is 13.6. The van der Waals surface area contributed by atoms with E-state index in [2.05, 4.69) is 23.0 Å². The van der Waals surface area contributed by atoms with Crippen LogP contribution in [0.25, 0.3) is 11.0 Å². The molecule has 3 aliphatic rings. The molecule has 5 heteroatoms. The number of esters is 1. The SMILES string of the molecule is CC1C=C2C(=O)O[C@@H]3CCC(C1)[C@]23OCc1nc2ccccc2[nH]1. The first-order valence-corrected chi connectivity index (χ1v) is 8.67. The van der Waals surface area contributed by atoms with Crippen molar-refractivity contribution in [3.8, 4) is 0 Å². The number of carbonyl (C=O) groups is 1. The van der Waals surface area contributed by atoms with E-state index in [0.29, 0.717) is 18.4 Å². The predicted molar refractivity (Wildman–Crippen MR) is 88.1 cm³/mol. The number of hydrogen-bond acceptors (Lipinski definition) is 4. The van der Waals surface area contributed by atoms with Gasteiger partial charge >= 0.3 is 5.97 Å². The average Bonchev–Trinajstić information content (AvgIpc) is 3.21. The maximum atomic E-state index is 12.3. The zero-order chi connectivity index (χ0) is 16.3. The lowest BCUT2D eigenvalue weighted by Gasteiger charge is -2.38. The molecular weight excluding hydrogens is 304 g/mol. The minimum atomic E-state index is -0.567. The molecule has 24 heavy (non-hydrogen) atoms. The van der Waals surface area contributed by atoms with Crippen molar-refractivity contribution in [3.63, 3.8) is 0 Å². The van der Waals surface area contributed by atoms with Gasteiger partial charge in [0.25, 0.3) is 0 Å². The second-order valence-corrected chi connectivity index (χ2v) is 7.24. The number of carbonyl (C=O) groups excluding carboxylic acids is 1. The fraction of sp³-hybridized carbons (Fsp3) is 0.474. The van der Waals surface area contributed by atoms with Crippen LogP contribution in [0, 0.1) is 11.8 Å². The highest BCUT2D eigenvalue weighted by atomic mass is 16.6. The van der Waals surface area contributed by atoms with E-state index in [0.717, 1.165) is 41.7 Å². The van der Waals surface area contributed by atoms with Gasteiger partial charge in [-0.1, -0.05) is 25.1 Å². The number of aromatic amines is 1. The molecule has 4 atom stereocenters. The fourth-order valence-corrected chi connectivity index (χ4v) is 4.78. The molecule has 2 aromatic rings. The number of hydrogen-bond donors (Lipinski definition) is 1. The first-order chi connectivity index (χ1) is 11.7. The van der Waals surface area contributed by atoms with Crippen molar-refractivity contribution in [1.29, 1.82) is 0 Å². The monoisotopic (exact) mass is 324 g/mol. The van der Waals surface area contributed by atoms with Gasteiger partial charge in [0.2, 0.25) is 0 Å². The molecule has 0 amide bonds. The fourth-order valence-electron chi connectivity index (χ4n) is 4.78. The van der Waals surface area contributed by atoms with Gasteiger partial charge in [-0.15, -0.1) is 0 Å². The quantitative estimate of drug-likeness (QED) is 0.881. The Bertz CT molecular complexity index is 822. The molecule has 0 radical (unpaired) electrons. The Morgan fingerprint density at radius 3 is 3.12 bits per heavy atom. The maximum absolute atomic E-state index is 12.3. The normalized spacial score (nSPS) is 34.3. The van der Waals surface area contributed by atoms with Crippen molar-refractivity contribution >= 4 is 17.0 Å². The van der Waals surface area contributed by atoms with E-state index in [9.17, 15) is 4.79 Å². The minimum Gasteiger partial charge on any atom is -0.455 e. The molecule has 1 saturated heterocycles. The minimum absolute atomic E-state index is 0.141. The lowest BCUT2D eigenvalue weighted by Crippen LogP contribution is -2.46. The number of ether oxygens (including phenoxy) is 2. The van der Waals surface area contributed by atoms with Gasteiger partial charge in [-0.3, -0.25) is 0 Å². The first kappa shape index (κ1) is 14.2. The van der Waals surface area contributed by atoms with Gasteiger partial charge in [-0.25, -0.2) is 9.78 Å². The Morgan fingerprint density at radius 2 is 2.25 bits per heavy atom. The van der Waals surface area contributed by atoms with Crippen molar-refractivity contribution in [3.05, 3.63) is 41.7 Å². The zero-order valence-corrected chi connectivity index (χ0v) is 13.6. The molecule has 1 aliphatic heterocycles. The Morgan fingerprint density at radius 1 is 1.38 bits per heavy atom. The molecule has 2 unspecified atom stereocenters. The number of nitrogens with one attached hydrogen (secondary N) is 1. The molecule has 2 fully saturated rings. The van der Waals surface area contributed by atoms with Crippen LogP contribution in [0.15, 0.2) is 35.9 Å². The molecule has 1 saturated carbocycles. The van der Waals surface area contributed by atoms with Crippen LogP contribution in [-0.4, -0.2) is 27.6 Å². The van der Waals surface area contributed by atoms with E-state index in [1.807, 2.05) is 24.3 Å². The summed E-state index contributed by atoms with van der Waals surface area (Å²) in [7, 11) is 0. The summed E-state index contributed by atoms with van der Waals surface area (Å²) in [5, 5.41) is 0. The molecule has 2 heterocycles. The van der Waals surface area contributed by atoms with Crippen molar-refractivity contribution in [2.45, 2.75) is 44.5 Å². The molecule has 5 rings (SSSR count). The maximum Gasteiger partial charge on any atom is 0.337 e. The van der Waals surface area contributed by atoms with Crippen LogP contribution in [0.3, 0.4) is 0 Å². The summed E-state index contributed by atoms with van der Waals surface area (Å²) in [4.78, 5) is 20.2. The summed E-state index contributed by atoms with van der Waals surface area (Å²) in [5.41, 5.74) is 2.11. The summed E-state index contributed by atoms with van der Waals surface area (Å²) in [5.74, 6) is 1.36. The van der Waals surface area contributed by atoms with Gasteiger partial charge < -0.3 is 14.5 Å². The van der Waals surface area contributed by atoms with Gasteiger partial charge in [-0.2, -0.15) is 0 Å². The van der Waals surface area contributed by atoms with E-state index < -0.39 is 5.60 Å². The van der Waals surface area contributed by atoms with E-state index in [1.54, 1.807) is 0 Å². The lowest BCUT2D eigenvalue weighted by molar-refractivity contribution is -0.142. The number of H-pyrrole nitrogens is 1. The summed E-state index contributed by atoms with van der Waals surface area (Å²) in [6.45, 7) is 2.53. The number of rotatable bonds is 3. The highest BCUT2D eigenvalue weighted by Gasteiger charge is 2.63. The third-order valence-electron chi connectivity index (χ3n) is 5.75. The third-order valence-corrected chi connectivity index (χ3v) is 5.75. The van der Waals surface area contributed by atoms with Crippen molar-refractivity contribution in [2.24, 2.45) is 11.8 Å². The van der Waals surface area contributed by atoms with Crippen molar-refractivity contribution in [2.75, 3.05) is 0 Å². The molecule has 124 valence electrons. The van der Waals surface area contributed by atoms with Gasteiger partial charge in [0.05, 0.1) is 16.6 Å². The number of para-hydroxylation sites is 2. The first-order valence-electron chi connectivity index (χ1n) is 8.67. The number of allylic oxidation sites excluding steroid dienone is 1. The molecule has 5 nitrogen and oxygen atoms in total. The summed E-state index contributed by atoms with van der Waals surface area (Å²) in [6.07, 6.45) is 4.91. The van der Waals surface area contributed by atoms with Crippen LogP contribution in [0.5, 0.6) is 0 Å². The molecular formula is C19H20N2O3. The topological polar surface area (TPSA) is 64.2 Å². The van der Waals surface area contributed by atoms with Gasteiger partial charge in [0, 0.05) is 0 Å². The summed E-state index contributed by atoms with van der Waals surface area (Å²) >= 11 is 0. The Kier molecular flexibility index (Phi) is 2.92. The molecule has 0 bridgehead atoms. The number of nitrogens with zero attached hydrogens (tertiary/aromatic N) is 1. The molecule has 1 aromatic carbocycles. The highest BCUT2D eigenvalue weighted by Crippen LogP contribution is 2.55. The number of benzene rings is 1. The van der Waals surface area contributed by atoms with Gasteiger partial charge in [0.1, 0.15) is 24.1 Å². The Balaban J connectivity index is 1.48. The number of fused-ring (bicyclic) bond motifs is 1. The van der Waals surface area contributed by atoms with Crippen LogP contribution in [0.4, 0.5) is 0 Å². The van der Waals surface area contributed by atoms with Crippen molar-refractivity contribution < 1.29 is 14.3 Å². The Labute approximate surface area is 140 Å². The van der Waals surface area contributed by atoms with Crippen LogP contribution in [0.2, 0.25) is 0 Å². The van der Waals surface area contributed by atoms with Crippen LogP contribution < -0.4 is 0 Å². The van der Waals surface area contributed by atoms with Crippen LogP contribution >= 0.6 is 0 Å². The van der Waals surface area contributed by atoms with E-state index in [-0.39, 0.29) is 12.1 Å². The highest BCUT2D eigenvalue weighted by molar-refractivity contribution is 5.94. The number of aromatic nitrogens is 2. The molecule has 1 aromatic heterocycles. The van der Waals surface area contributed by atoms with Crippen LogP contribution in [0.1, 0.15) is 32.0 Å². The summed E-state index contributed by atoms with van der Waals surface area (Å²) in [6, 6.07) is 7.94. The second kappa shape index (κ2) is 4.93. The number of imidazole rings is 1. The van der Waals surface area contributed by atoms with Crippen LogP contribution in [-0.2, 0) is 20.9 Å². The third kappa shape index (κ3) is 1.85. The largest absolute Gasteiger partial charge is 0.455 e. The molecule has 1 N–H and O–H groups in total. The van der Waals surface area contributed by atoms with Gasteiger partial charge in [0.15, 0.2) is 0 Å². The van der Waals surface area contributed by atoms with E-state index in [4.69, 9.17) is 9.47 Å². The van der Waals surface area contributed by atoms with E-state index in [1.165, 1.54) is 0 Å². The standard InChI is InChI=1S/C19H20N2O3/c1-11-8-12-6-7-16-19(12,13(9-11)18(22)24-16)23-10-17-20-14-4-2-3-5-15(14)21-17/h2-5,9,11-12,16H,6-8,10H2,1H3,(H,20,21)/t11?,12?,16-,19+/m1/s1. The van der Waals surface area contributed by atoms with E-state index >= 15 is 0 Å². The smallest absolute Gasteiger partial charge is 0.337 e. The predicted octanol–water partition coefficient (Wildman–Crippen LogP) is 3.12. The molecule has 2 aliphatic carbocycles. The lowest BCUT2D eigenvalue weighted by atomic mass is 9.73. The Hall–Kier alpha value is -2.14. The summed E-state index contributed by atoms with van der Waals surface area (Å²) < 4.78 is 12.0. The van der Waals surface area contributed by atoms with Gasteiger partial charge in [-0.05, 0) is 43.2 Å². The van der Waals surface area contributed by atoms with Crippen molar-refractivity contribution in [1.82, 2.24) is 9.97 Å².